The first-order valence-corrected chi connectivity index (χ1v) is 9.84. The first kappa shape index (κ1) is 19.1. The summed E-state index contributed by atoms with van der Waals surface area (Å²) in [7, 11) is 3.94. The summed E-state index contributed by atoms with van der Waals surface area (Å²) < 4.78 is 11.6. The highest BCUT2D eigenvalue weighted by Crippen LogP contribution is 2.25. The molecule has 0 heterocycles. The van der Waals surface area contributed by atoms with Crippen molar-refractivity contribution in [2.75, 3.05) is 14.2 Å². The molecule has 3 aromatic rings. The van der Waals surface area contributed by atoms with E-state index >= 15 is 0 Å². The highest BCUT2D eigenvalue weighted by molar-refractivity contribution is 7.56. The van der Waals surface area contributed by atoms with Gasteiger partial charge in [-0.25, -0.2) is 0 Å². The molecule has 0 spiro atoms. The lowest BCUT2D eigenvalue weighted by Crippen LogP contribution is -2.12. The van der Waals surface area contributed by atoms with Crippen LogP contribution in [0, 0.1) is 6.92 Å². The van der Waals surface area contributed by atoms with E-state index in [1.165, 1.54) is 10.9 Å². The van der Waals surface area contributed by atoms with Gasteiger partial charge in [0.15, 0.2) is 0 Å². The molecule has 0 aliphatic rings. The highest BCUT2D eigenvalue weighted by atomic mass is 31.1. The van der Waals surface area contributed by atoms with Crippen LogP contribution >= 0.6 is 8.58 Å². The second kappa shape index (κ2) is 9.34. The number of hydrogen-bond donors (Lipinski definition) is 0. The summed E-state index contributed by atoms with van der Waals surface area (Å²) >= 11 is 0. The number of benzene rings is 3. The quantitative estimate of drug-likeness (QED) is 0.455. The van der Waals surface area contributed by atoms with E-state index in [-0.39, 0.29) is 0 Å². The molecule has 27 heavy (non-hydrogen) atoms. The summed E-state index contributed by atoms with van der Waals surface area (Å²) in [5, 5.41) is 2.36. The first-order valence-electron chi connectivity index (χ1n) is 8.84. The van der Waals surface area contributed by atoms with E-state index in [4.69, 9.17) is 9.47 Å². The van der Waals surface area contributed by atoms with Gasteiger partial charge in [-0.2, -0.15) is 0 Å². The third-order valence-corrected chi connectivity index (χ3v) is 5.55. The van der Waals surface area contributed by atoms with E-state index in [9.17, 15) is 0 Å². The van der Waals surface area contributed by atoms with Crippen LogP contribution in [-0.4, -0.2) is 20.4 Å². The summed E-state index contributed by atoms with van der Waals surface area (Å²) in [5.74, 6) is 1.72. The van der Waals surface area contributed by atoms with Gasteiger partial charge in [-0.05, 0) is 42.1 Å². The average Bonchev–Trinajstić information content (AvgIpc) is 2.70. The van der Waals surface area contributed by atoms with Gasteiger partial charge in [0.1, 0.15) is 18.1 Å². The number of hydrogen-bond acceptors (Lipinski definition) is 3. The maximum atomic E-state index is 6.14. The molecule has 1 atom stereocenters. The zero-order valence-electron chi connectivity index (χ0n) is 15.9. The van der Waals surface area contributed by atoms with Gasteiger partial charge >= 0.3 is 0 Å². The van der Waals surface area contributed by atoms with Crippen LogP contribution in [0.1, 0.15) is 16.7 Å². The monoisotopic (exact) mass is 377 g/mol. The lowest BCUT2D eigenvalue weighted by Gasteiger charge is -2.15. The molecule has 0 amide bonds. The van der Waals surface area contributed by atoms with Crippen molar-refractivity contribution in [3.8, 4) is 11.5 Å². The number of nitrogens with zero attached hydrogens (tertiary/aromatic N) is 1. The molecular weight excluding hydrogens is 353 g/mol. The van der Waals surface area contributed by atoms with E-state index in [0.29, 0.717) is 15.2 Å². The van der Waals surface area contributed by atoms with Crippen molar-refractivity contribution in [3.05, 3.63) is 83.4 Å². The third kappa shape index (κ3) is 5.18. The molecule has 138 valence electrons. The molecule has 0 saturated carbocycles. The van der Waals surface area contributed by atoms with E-state index < -0.39 is 0 Å². The summed E-state index contributed by atoms with van der Waals surface area (Å²) in [4.78, 5) is 4.20. The lowest BCUT2D eigenvalue weighted by molar-refractivity contribution is 0.308. The molecule has 0 fully saturated rings. The van der Waals surface area contributed by atoms with Gasteiger partial charge in [0, 0.05) is 24.1 Å². The zero-order valence-corrected chi connectivity index (χ0v) is 16.9. The Bertz CT molecular complexity index is 923. The van der Waals surface area contributed by atoms with Gasteiger partial charge in [0.2, 0.25) is 0 Å². The summed E-state index contributed by atoms with van der Waals surface area (Å²) in [6.45, 7) is 2.64. The Hall–Kier alpha value is -2.64. The molecule has 3 aromatic carbocycles. The lowest BCUT2D eigenvalue weighted by atomic mass is 10.1. The predicted molar refractivity (Wildman–Crippen MR) is 116 cm³/mol. The standard InChI is InChI=1S/C23H24NO2P/c1-17-9-12-22(19(13-17)15-24-2)27-23-14-20(25-3)10-11-21(23)26-16-18-7-5-4-6-8-18/h4-15,27H,16H2,1-3H3. The fraction of sp³-hybridized carbons (Fsp3) is 0.174. The largest absolute Gasteiger partial charge is 0.497 e. The van der Waals surface area contributed by atoms with Gasteiger partial charge < -0.3 is 9.47 Å². The Morgan fingerprint density at radius 2 is 1.78 bits per heavy atom. The van der Waals surface area contributed by atoms with Crippen molar-refractivity contribution in [1.82, 2.24) is 0 Å². The molecular formula is C23H24NO2P. The highest BCUT2D eigenvalue weighted by Gasteiger charge is 2.10. The second-order valence-corrected chi connectivity index (χ2v) is 7.57. The molecule has 3 nitrogen and oxygen atoms in total. The van der Waals surface area contributed by atoms with Crippen molar-refractivity contribution in [2.24, 2.45) is 4.99 Å². The van der Waals surface area contributed by atoms with Gasteiger partial charge in [0.05, 0.1) is 7.11 Å². The molecule has 0 saturated heterocycles. The number of aliphatic imine (C=N–C) groups is 1. The Balaban J connectivity index is 1.89. The first-order chi connectivity index (χ1) is 13.2. The van der Waals surface area contributed by atoms with E-state index in [2.05, 4.69) is 48.3 Å². The van der Waals surface area contributed by atoms with Crippen LogP contribution in [0.2, 0.25) is 0 Å². The SMILES string of the molecule is CN=Cc1cc(C)ccc1Pc1cc(OC)ccc1OCc1ccccc1. The van der Waals surface area contributed by atoms with Crippen LogP contribution in [0.4, 0.5) is 0 Å². The minimum Gasteiger partial charge on any atom is -0.497 e. The number of ether oxygens (including phenoxy) is 2. The molecule has 3 rings (SSSR count). The Labute approximate surface area is 162 Å². The Morgan fingerprint density at radius 3 is 2.52 bits per heavy atom. The maximum absolute atomic E-state index is 6.14. The van der Waals surface area contributed by atoms with Crippen LogP contribution in [0.5, 0.6) is 11.5 Å². The van der Waals surface area contributed by atoms with Crippen molar-refractivity contribution in [3.63, 3.8) is 0 Å². The van der Waals surface area contributed by atoms with E-state index in [1.807, 2.05) is 36.5 Å². The van der Waals surface area contributed by atoms with Gasteiger partial charge in [-0.3, -0.25) is 4.99 Å². The Kier molecular flexibility index (Phi) is 6.62. The van der Waals surface area contributed by atoms with E-state index in [0.717, 1.165) is 27.9 Å². The average molecular weight is 377 g/mol. The number of rotatable bonds is 7. The van der Waals surface area contributed by atoms with Crippen LogP contribution in [-0.2, 0) is 6.61 Å². The van der Waals surface area contributed by atoms with Crippen LogP contribution < -0.4 is 20.1 Å². The van der Waals surface area contributed by atoms with Crippen LogP contribution in [0.15, 0.2) is 71.7 Å². The predicted octanol–water partition coefficient (Wildman–Crippen LogP) is 4.26. The zero-order chi connectivity index (χ0) is 19.1. The minimum atomic E-state index is 0.451. The number of aryl methyl sites for hydroxylation is 1. The smallest absolute Gasteiger partial charge is 0.127 e. The molecule has 0 N–H and O–H groups in total. The third-order valence-electron chi connectivity index (χ3n) is 4.17. The minimum absolute atomic E-state index is 0.451. The van der Waals surface area contributed by atoms with Crippen LogP contribution in [0.25, 0.3) is 0 Å². The Morgan fingerprint density at radius 1 is 0.963 bits per heavy atom. The second-order valence-electron chi connectivity index (χ2n) is 6.24. The summed E-state index contributed by atoms with van der Waals surface area (Å²) in [6, 6.07) is 22.7. The van der Waals surface area contributed by atoms with Crippen molar-refractivity contribution < 1.29 is 9.47 Å². The molecule has 1 unspecified atom stereocenters. The fourth-order valence-electron chi connectivity index (χ4n) is 2.78. The molecule has 0 aliphatic carbocycles. The van der Waals surface area contributed by atoms with Crippen molar-refractivity contribution in [1.29, 1.82) is 0 Å². The van der Waals surface area contributed by atoms with Crippen LogP contribution in [0.3, 0.4) is 0 Å². The van der Waals surface area contributed by atoms with Gasteiger partial charge in [0.25, 0.3) is 0 Å². The van der Waals surface area contributed by atoms with Crippen molar-refractivity contribution in [2.45, 2.75) is 13.5 Å². The van der Waals surface area contributed by atoms with Gasteiger partial charge in [-0.1, -0.05) is 56.6 Å². The summed E-state index contributed by atoms with van der Waals surface area (Å²) in [6.07, 6.45) is 1.92. The summed E-state index contributed by atoms with van der Waals surface area (Å²) in [5.41, 5.74) is 3.52. The molecule has 4 heteroatoms. The topological polar surface area (TPSA) is 30.8 Å². The number of methoxy groups -OCH3 is 1. The molecule has 0 bridgehead atoms. The molecule has 0 aliphatic heterocycles. The van der Waals surface area contributed by atoms with Crippen molar-refractivity contribution >= 4 is 25.4 Å². The fourth-order valence-corrected chi connectivity index (χ4v) is 4.01. The van der Waals surface area contributed by atoms with Gasteiger partial charge in [-0.15, -0.1) is 0 Å². The normalized spacial score (nSPS) is 11.4. The maximum Gasteiger partial charge on any atom is 0.127 e. The molecule has 0 aromatic heterocycles. The van der Waals surface area contributed by atoms with E-state index in [1.54, 1.807) is 14.2 Å². The molecule has 0 radical (unpaired) electrons.